The third-order valence-electron chi connectivity index (χ3n) is 5.92. The van der Waals surface area contributed by atoms with Crippen molar-refractivity contribution in [3.05, 3.63) is 60.2 Å². The van der Waals surface area contributed by atoms with Gasteiger partial charge in [-0.15, -0.1) is 0 Å². The zero-order valence-corrected chi connectivity index (χ0v) is 15.5. The van der Waals surface area contributed by atoms with Crippen LogP contribution < -0.4 is 4.74 Å². The van der Waals surface area contributed by atoms with E-state index >= 15 is 0 Å². The van der Waals surface area contributed by atoms with Crippen LogP contribution in [0.25, 0.3) is 0 Å². The van der Waals surface area contributed by atoms with E-state index in [2.05, 4.69) is 16.0 Å². The van der Waals surface area contributed by atoms with Gasteiger partial charge in [0.25, 0.3) is 0 Å². The number of hydrogen-bond acceptors (Lipinski definition) is 4. The third-order valence-corrected chi connectivity index (χ3v) is 5.92. The Kier molecular flexibility index (Phi) is 5.69. The topological polar surface area (TPSA) is 45.6 Å². The molecule has 1 aromatic heterocycles. The van der Waals surface area contributed by atoms with Crippen LogP contribution in [0.5, 0.6) is 5.75 Å². The fourth-order valence-corrected chi connectivity index (χ4v) is 4.54. The van der Waals surface area contributed by atoms with Crippen LogP contribution in [0.4, 0.5) is 4.39 Å². The highest BCUT2D eigenvalue weighted by atomic mass is 19.1. The predicted molar refractivity (Wildman–Crippen MR) is 102 cm³/mol. The molecule has 0 bridgehead atoms. The van der Waals surface area contributed by atoms with Crippen LogP contribution in [0.1, 0.15) is 24.8 Å². The van der Waals surface area contributed by atoms with E-state index in [0.29, 0.717) is 17.6 Å². The summed E-state index contributed by atoms with van der Waals surface area (Å²) < 4.78 is 19.0. The van der Waals surface area contributed by atoms with Gasteiger partial charge in [-0.05, 0) is 80.0 Å². The average molecular weight is 370 g/mol. The lowest BCUT2D eigenvalue weighted by molar-refractivity contribution is -0.0231. The molecule has 0 radical (unpaired) electrons. The molecule has 2 heterocycles. The normalized spacial score (nSPS) is 28.1. The number of benzene rings is 1. The Bertz CT molecular complexity index is 725. The van der Waals surface area contributed by atoms with E-state index < -0.39 is 6.10 Å². The Balaban J connectivity index is 1.27. The Labute approximate surface area is 160 Å². The first-order valence-electron chi connectivity index (χ1n) is 9.89. The first kappa shape index (κ1) is 18.4. The zero-order chi connectivity index (χ0) is 18.6. The number of aliphatic hydroxyl groups excluding tert-OH is 1. The van der Waals surface area contributed by atoms with Gasteiger partial charge in [0, 0.05) is 25.5 Å². The number of halogens is 1. The molecule has 0 spiro atoms. The average Bonchev–Trinajstić information content (AvgIpc) is 3.06. The highest BCUT2D eigenvalue weighted by molar-refractivity contribution is 5.22. The van der Waals surface area contributed by atoms with E-state index in [1.54, 1.807) is 12.1 Å². The Hall–Kier alpha value is -1.98. The highest BCUT2D eigenvalue weighted by Gasteiger charge is 2.42. The maximum Gasteiger partial charge on any atom is 0.125 e. The lowest BCUT2D eigenvalue weighted by Crippen LogP contribution is -2.42. The largest absolute Gasteiger partial charge is 0.488 e. The van der Waals surface area contributed by atoms with E-state index in [-0.39, 0.29) is 11.9 Å². The second-order valence-corrected chi connectivity index (χ2v) is 7.89. The molecular weight excluding hydrogens is 343 g/mol. The van der Waals surface area contributed by atoms with Gasteiger partial charge in [-0.2, -0.15) is 0 Å². The molecular formula is C22H27FN2O2. The molecule has 2 fully saturated rings. The van der Waals surface area contributed by atoms with Gasteiger partial charge in [0.1, 0.15) is 17.7 Å². The summed E-state index contributed by atoms with van der Waals surface area (Å²) in [7, 11) is 0. The Morgan fingerprint density at radius 2 is 1.89 bits per heavy atom. The second kappa shape index (κ2) is 8.36. The van der Waals surface area contributed by atoms with E-state index in [0.717, 1.165) is 45.3 Å². The maximum absolute atomic E-state index is 13.1. The summed E-state index contributed by atoms with van der Waals surface area (Å²) in [5.41, 5.74) is 1.29. The molecule has 0 unspecified atom stereocenters. The van der Waals surface area contributed by atoms with Gasteiger partial charge in [-0.1, -0.05) is 6.07 Å². The number of aryl methyl sites for hydroxylation is 1. The van der Waals surface area contributed by atoms with Crippen LogP contribution >= 0.6 is 0 Å². The molecule has 5 heteroatoms. The van der Waals surface area contributed by atoms with E-state index in [4.69, 9.17) is 4.74 Å². The zero-order valence-electron chi connectivity index (χ0n) is 15.5. The van der Waals surface area contributed by atoms with Crippen LogP contribution in [-0.2, 0) is 6.42 Å². The molecule has 1 aromatic carbocycles. The molecule has 1 aliphatic heterocycles. The van der Waals surface area contributed by atoms with Crippen molar-refractivity contribution in [2.45, 2.75) is 37.9 Å². The number of likely N-dealkylation sites (tertiary alicyclic amines) is 1. The molecule has 0 amide bonds. The summed E-state index contributed by atoms with van der Waals surface area (Å²) in [5.74, 6) is 1.47. The number of ether oxygens (including phenoxy) is 1. The number of aliphatic hydroxyl groups is 1. The van der Waals surface area contributed by atoms with Crippen molar-refractivity contribution in [3.63, 3.8) is 0 Å². The molecule has 1 saturated carbocycles. The minimum atomic E-state index is -0.452. The highest BCUT2D eigenvalue weighted by Crippen LogP contribution is 2.38. The van der Waals surface area contributed by atoms with Crippen molar-refractivity contribution in [1.29, 1.82) is 0 Å². The van der Waals surface area contributed by atoms with Gasteiger partial charge in [-0.25, -0.2) is 4.39 Å². The standard InChI is InChI=1S/C22H27FN2O2/c23-19-5-7-20(8-6-19)27-22-12-18-15-25(14-17(18)11-21(22)26)10-2-4-16-3-1-9-24-13-16/h1,3,5-9,13,17-18,21-22,26H,2,4,10-12,14-15H2/t17-,18+,21+,22+/m0/s1. The van der Waals surface area contributed by atoms with Gasteiger partial charge in [-0.3, -0.25) is 4.98 Å². The molecule has 4 atom stereocenters. The lowest BCUT2D eigenvalue weighted by atomic mass is 9.78. The first-order valence-corrected chi connectivity index (χ1v) is 9.89. The second-order valence-electron chi connectivity index (χ2n) is 7.89. The minimum absolute atomic E-state index is 0.202. The summed E-state index contributed by atoms with van der Waals surface area (Å²) in [6, 6.07) is 10.2. The predicted octanol–water partition coefficient (Wildman–Crippen LogP) is 3.30. The molecule has 2 aromatic rings. The summed E-state index contributed by atoms with van der Waals surface area (Å²) in [5, 5.41) is 10.5. The minimum Gasteiger partial charge on any atom is -0.488 e. The number of pyridine rings is 1. The summed E-state index contributed by atoms with van der Waals surface area (Å²) in [6.07, 6.45) is 6.93. The number of hydrogen-bond donors (Lipinski definition) is 1. The molecule has 27 heavy (non-hydrogen) atoms. The maximum atomic E-state index is 13.1. The molecule has 1 N–H and O–H groups in total. The molecule has 1 saturated heterocycles. The molecule has 144 valence electrons. The van der Waals surface area contributed by atoms with E-state index in [9.17, 15) is 9.50 Å². The first-order chi connectivity index (χ1) is 13.2. The lowest BCUT2D eigenvalue weighted by Gasteiger charge is -2.35. The van der Waals surface area contributed by atoms with Crippen LogP contribution in [0, 0.1) is 17.7 Å². The summed E-state index contributed by atoms with van der Waals surface area (Å²) >= 11 is 0. The van der Waals surface area contributed by atoms with E-state index in [1.807, 2.05) is 18.5 Å². The van der Waals surface area contributed by atoms with Crippen molar-refractivity contribution >= 4 is 0 Å². The number of rotatable bonds is 6. The number of nitrogens with zero attached hydrogens (tertiary/aromatic N) is 2. The summed E-state index contributed by atoms with van der Waals surface area (Å²) in [4.78, 5) is 6.70. The Morgan fingerprint density at radius 1 is 1.11 bits per heavy atom. The van der Waals surface area contributed by atoms with Crippen molar-refractivity contribution in [2.24, 2.45) is 11.8 Å². The fraction of sp³-hybridized carbons (Fsp3) is 0.500. The van der Waals surface area contributed by atoms with Crippen molar-refractivity contribution < 1.29 is 14.2 Å². The number of aromatic nitrogens is 1. The molecule has 4 nitrogen and oxygen atoms in total. The Morgan fingerprint density at radius 3 is 2.63 bits per heavy atom. The third kappa shape index (κ3) is 4.66. The molecule has 4 rings (SSSR count). The van der Waals surface area contributed by atoms with Gasteiger partial charge in [0.15, 0.2) is 0 Å². The smallest absolute Gasteiger partial charge is 0.125 e. The molecule has 1 aliphatic carbocycles. The van der Waals surface area contributed by atoms with Gasteiger partial charge < -0.3 is 14.7 Å². The van der Waals surface area contributed by atoms with Crippen molar-refractivity contribution in [3.8, 4) is 5.75 Å². The quantitative estimate of drug-likeness (QED) is 0.847. The van der Waals surface area contributed by atoms with Gasteiger partial charge in [0.2, 0.25) is 0 Å². The monoisotopic (exact) mass is 370 g/mol. The fourth-order valence-electron chi connectivity index (χ4n) is 4.54. The van der Waals surface area contributed by atoms with Gasteiger partial charge in [0.05, 0.1) is 6.10 Å². The molecule has 2 aliphatic rings. The SMILES string of the molecule is O[C@@H]1C[C@H]2CN(CCCc3cccnc3)C[C@H]2C[C@H]1Oc1ccc(F)cc1. The van der Waals surface area contributed by atoms with Crippen LogP contribution in [0.3, 0.4) is 0 Å². The number of fused-ring (bicyclic) bond motifs is 1. The van der Waals surface area contributed by atoms with Crippen LogP contribution in [0.2, 0.25) is 0 Å². The summed E-state index contributed by atoms with van der Waals surface area (Å²) in [6.45, 7) is 3.23. The van der Waals surface area contributed by atoms with E-state index in [1.165, 1.54) is 17.7 Å². The van der Waals surface area contributed by atoms with Gasteiger partial charge >= 0.3 is 0 Å². The van der Waals surface area contributed by atoms with Crippen molar-refractivity contribution in [2.75, 3.05) is 19.6 Å². The van der Waals surface area contributed by atoms with Crippen LogP contribution in [0.15, 0.2) is 48.8 Å². The van der Waals surface area contributed by atoms with Crippen molar-refractivity contribution in [1.82, 2.24) is 9.88 Å². The van der Waals surface area contributed by atoms with Crippen LogP contribution in [-0.4, -0.2) is 46.8 Å².